The number of nitrogens with zero attached hydrogens (tertiary/aromatic N) is 1. The number of carbonyl (C=O) groups excluding carboxylic acids is 3. The van der Waals surface area contributed by atoms with Gasteiger partial charge in [0.2, 0.25) is 11.8 Å². The smallest absolute Gasteiger partial charge is 0.337 e. The van der Waals surface area contributed by atoms with Crippen LogP contribution in [0.25, 0.3) is 0 Å². The second-order valence-corrected chi connectivity index (χ2v) is 6.05. The van der Waals surface area contributed by atoms with E-state index in [0.29, 0.717) is 11.3 Å². The fourth-order valence-corrected chi connectivity index (χ4v) is 4.05. The summed E-state index contributed by atoms with van der Waals surface area (Å²) in [6.07, 6.45) is 5.03. The van der Waals surface area contributed by atoms with Crippen LogP contribution in [-0.2, 0) is 14.3 Å². The van der Waals surface area contributed by atoms with E-state index >= 15 is 0 Å². The summed E-state index contributed by atoms with van der Waals surface area (Å²) < 4.78 is 4.69. The Bertz CT molecular complexity index is 693. The van der Waals surface area contributed by atoms with Gasteiger partial charge in [0.1, 0.15) is 0 Å². The Balaban J connectivity index is 1.71. The van der Waals surface area contributed by atoms with Gasteiger partial charge in [-0.25, -0.2) is 9.69 Å². The zero-order chi connectivity index (χ0) is 15.4. The van der Waals surface area contributed by atoms with Crippen LogP contribution in [-0.4, -0.2) is 24.9 Å². The predicted octanol–water partition coefficient (Wildman–Crippen LogP) is 1.78. The molecule has 2 fully saturated rings. The van der Waals surface area contributed by atoms with E-state index in [1.807, 2.05) is 0 Å². The van der Waals surface area contributed by atoms with Crippen molar-refractivity contribution >= 4 is 23.5 Å². The van der Waals surface area contributed by atoms with Gasteiger partial charge >= 0.3 is 5.97 Å². The topological polar surface area (TPSA) is 63.7 Å². The van der Waals surface area contributed by atoms with E-state index in [2.05, 4.69) is 16.9 Å². The van der Waals surface area contributed by atoms with Crippen LogP contribution < -0.4 is 4.90 Å². The van der Waals surface area contributed by atoms with Gasteiger partial charge in [-0.05, 0) is 36.5 Å². The Kier molecular flexibility index (Phi) is 2.73. The van der Waals surface area contributed by atoms with E-state index in [1.165, 1.54) is 18.1 Å². The molecule has 22 heavy (non-hydrogen) atoms. The van der Waals surface area contributed by atoms with Crippen molar-refractivity contribution in [1.29, 1.82) is 0 Å². The maximum absolute atomic E-state index is 12.7. The van der Waals surface area contributed by atoms with Crippen molar-refractivity contribution in [2.75, 3.05) is 12.0 Å². The first-order valence-electron chi connectivity index (χ1n) is 7.36. The number of hydrogen-bond acceptors (Lipinski definition) is 4. The third-order valence-corrected chi connectivity index (χ3v) is 5.00. The molecule has 0 radical (unpaired) electrons. The summed E-state index contributed by atoms with van der Waals surface area (Å²) in [5, 5.41) is 0. The molecule has 2 amide bonds. The molecule has 5 nitrogen and oxygen atoms in total. The van der Waals surface area contributed by atoms with E-state index in [9.17, 15) is 14.4 Å². The summed E-state index contributed by atoms with van der Waals surface area (Å²) in [6, 6.07) is 6.48. The summed E-state index contributed by atoms with van der Waals surface area (Å²) in [7, 11) is 1.30. The fraction of sp³-hybridized carbons (Fsp3) is 0.353. The lowest BCUT2D eigenvalue weighted by molar-refractivity contribution is -0.123. The average molecular weight is 297 g/mol. The molecule has 1 aromatic rings. The van der Waals surface area contributed by atoms with Crippen LogP contribution in [0.3, 0.4) is 0 Å². The van der Waals surface area contributed by atoms with Crippen molar-refractivity contribution in [2.45, 2.75) is 6.42 Å². The SMILES string of the molecule is COC(=O)c1cccc(N2C(=O)[C@@H]3[C@@H](C2=O)[C@@H]2C=C[C@@H]3C2)c1. The first-order chi connectivity index (χ1) is 10.6. The van der Waals surface area contributed by atoms with E-state index in [0.717, 1.165) is 6.42 Å². The number of esters is 1. The number of ether oxygens (including phenoxy) is 1. The van der Waals surface area contributed by atoms with E-state index in [4.69, 9.17) is 0 Å². The number of benzene rings is 1. The summed E-state index contributed by atoms with van der Waals surface area (Å²) >= 11 is 0. The number of carbonyl (C=O) groups is 3. The second kappa shape index (κ2) is 4.53. The Hall–Kier alpha value is -2.43. The molecule has 4 atom stereocenters. The predicted molar refractivity (Wildman–Crippen MR) is 78.0 cm³/mol. The lowest BCUT2D eigenvalue weighted by atomic mass is 9.85. The highest BCUT2D eigenvalue weighted by molar-refractivity contribution is 6.23. The number of methoxy groups -OCH3 is 1. The summed E-state index contributed by atoms with van der Waals surface area (Å²) in [6.45, 7) is 0. The van der Waals surface area contributed by atoms with Crippen LogP contribution in [0.2, 0.25) is 0 Å². The van der Waals surface area contributed by atoms with Crippen LogP contribution in [0.4, 0.5) is 5.69 Å². The number of fused-ring (bicyclic) bond motifs is 5. The van der Waals surface area contributed by atoms with Crippen LogP contribution in [0.5, 0.6) is 0 Å². The fourth-order valence-electron chi connectivity index (χ4n) is 4.05. The molecule has 1 heterocycles. The molecule has 1 saturated carbocycles. The monoisotopic (exact) mass is 297 g/mol. The van der Waals surface area contributed by atoms with Gasteiger partial charge in [-0.1, -0.05) is 18.2 Å². The number of amides is 2. The Morgan fingerprint density at radius 1 is 1.14 bits per heavy atom. The Morgan fingerprint density at radius 2 is 1.77 bits per heavy atom. The average Bonchev–Trinajstić information content (AvgIpc) is 3.21. The summed E-state index contributed by atoms with van der Waals surface area (Å²) in [5.41, 5.74) is 0.783. The van der Waals surface area contributed by atoms with Crippen molar-refractivity contribution in [1.82, 2.24) is 0 Å². The lowest BCUT2D eigenvalue weighted by Crippen LogP contribution is -2.33. The molecule has 1 aromatic carbocycles. The standard InChI is InChI=1S/C17H15NO4/c1-22-17(21)11-3-2-4-12(8-11)18-15(19)13-9-5-6-10(7-9)14(13)16(18)20/h2-6,8-10,13-14H,7H2,1H3/t9-,10-,13+,14+/m1/s1. The van der Waals surface area contributed by atoms with Gasteiger partial charge in [0, 0.05) is 0 Å². The van der Waals surface area contributed by atoms with Gasteiger partial charge < -0.3 is 4.74 Å². The number of imide groups is 1. The zero-order valence-corrected chi connectivity index (χ0v) is 12.1. The van der Waals surface area contributed by atoms with Gasteiger partial charge in [-0.2, -0.15) is 0 Å². The van der Waals surface area contributed by atoms with Crippen molar-refractivity contribution in [3.05, 3.63) is 42.0 Å². The molecule has 0 spiro atoms. The van der Waals surface area contributed by atoms with Gasteiger partial charge in [-0.15, -0.1) is 0 Å². The minimum absolute atomic E-state index is 0.145. The number of anilines is 1. The molecular weight excluding hydrogens is 282 g/mol. The van der Waals surface area contributed by atoms with Crippen LogP contribution in [0.1, 0.15) is 16.8 Å². The minimum atomic E-state index is -0.483. The van der Waals surface area contributed by atoms with Gasteiger partial charge in [0.25, 0.3) is 0 Å². The molecule has 3 aliphatic rings. The maximum atomic E-state index is 12.7. The van der Waals surface area contributed by atoms with Crippen molar-refractivity contribution < 1.29 is 19.1 Å². The minimum Gasteiger partial charge on any atom is -0.465 e. The van der Waals surface area contributed by atoms with Crippen molar-refractivity contribution in [3.8, 4) is 0 Å². The highest BCUT2D eigenvalue weighted by Crippen LogP contribution is 2.53. The lowest BCUT2D eigenvalue weighted by Gasteiger charge is -2.17. The first kappa shape index (κ1) is 13.2. The summed E-state index contributed by atoms with van der Waals surface area (Å²) in [4.78, 5) is 38.3. The molecule has 112 valence electrons. The second-order valence-electron chi connectivity index (χ2n) is 6.05. The quantitative estimate of drug-likeness (QED) is 0.474. The molecular formula is C17H15NO4. The van der Waals surface area contributed by atoms with Crippen molar-refractivity contribution in [2.24, 2.45) is 23.7 Å². The molecule has 4 rings (SSSR count). The molecule has 1 aliphatic heterocycles. The van der Waals surface area contributed by atoms with Gasteiger partial charge in [0.15, 0.2) is 0 Å². The van der Waals surface area contributed by atoms with Crippen LogP contribution >= 0.6 is 0 Å². The zero-order valence-electron chi connectivity index (χ0n) is 12.1. The number of allylic oxidation sites excluding steroid dienone is 2. The van der Waals surface area contributed by atoms with E-state index in [1.54, 1.807) is 18.2 Å². The van der Waals surface area contributed by atoms with Gasteiger partial charge in [0.05, 0.1) is 30.2 Å². The maximum Gasteiger partial charge on any atom is 0.337 e. The molecule has 5 heteroatoms. The first-order valence-corrected chi connectivity index (χ1v) is 7.36. The van der Waals surface area contributed by atoms with E-state index in [-0.39, 0.29) is 35.5 Å². The molecule has 2 bridgehead atoms. The van der Waals surface area contributed by atoms with Crippen LogP contribution in [0.15, 0.2) is 36.4 Å². The van der Waals surface area contributed by atoms with Crippen molar-refractivity contribution in [3.63, 3.8) is 0 Å². The molecule has 1 saturated heterocycles. The third kappa shape index (κ3) is 1.62. The molecule has 0 aromatic heterocycles. The molecule has 0 unspecified atom stereocenters. The third-order valence-electron chi connectivity index (χ3n) is 5.00. The van der Waals surface area contributed by atoms with Gasteiger partial charge in [-0.3, -0.25) is 9.59 Å². The molecule has 2 aliphatic carbocycles. The normalized spacial score (nSPS) is 31.8. The highest BCUT2D eigenvalue weighted by Gasteiger charge is 2.59. The molecule has 0 N–H and O–H groups in total. The largest absolute Gasteiger partial charge is 0.465 e. The number of rotatable bonds is 2. The number of hydrogen-bond donors (Lipinski definition) is 0. The Labute approximate surface area is 127 Å². The van der Waals surface area contributed by atoms with Crippen LogP contribution in [0, 0.1) is 23.7 Å². The highest BCUT2D eigenvalue weighted by atomic mass is 16.5. The Morgan fingerprint density at radius 3 is 2.36 bits per heavy atom. The summed E-state index contributed by atoms with van der Waals surface area (Å²) in [5.74, 6) is -0.875. The van der Waals surface area contributed by atoms with E-state index < -0.39 is 5.97 Å².